The van der Waals surface area contributed by atoms with Crippen molar-refractivity contribution < 1.29 is 14.0 Å². The second-order valence-corrected chi connectivity index (χ2v) is 2.78. The fraction of sp³-hybridized carbons (Fsp3) is 0.273. The number of carbonyl (C=O) groups is 2. The summed E-state index contributed by atoms with van der Waals surface area (Å²) in [6.45, 7) is 3.15. The first-order valence-electron chi connectivity index (χ1n) is 4.27. The standard InChI is InChI=1S/C11H10O3/c1-3-10(13)5-4-9-6-11(8(2)12)14-7-9/h6-7H,3H2,1-2H3. The third-order valence-electron chi connectivity index (χ3n) is 1.61. The lowest BCUT2D eigenvalue weighted by atomic mass is 10.2. The fourth-order valence-electron chi connectivity index (χ4n) is 0.817. The first kappa shape index (κ1) is 10.3. The largest absolute Gasteiger partial charge is 0.460 e. The predicted molar refractivity (Wildman–Crippen MR) is 50.9 cm³/mol. The lowest BCUT2D eigenvalue weighted by Gasteiger charge is -1.80. The van der Waals surface area contributed by atoms with Gasteiger partial charge in [-0.2, -0.15) is 0 Å². The quantitative estimate of drug-likeness (QED) is 0.527. The number of carbonyl (C=O) groups excluding carboxylic acids is 2. The van der Waals surface area contributed by atoms with Crippen molar-refractivity contribution in [2.45, 2.75) is 20.3 Å². The van der Waals surface area contributed by atoms with Crippen LogP contribution in [0.1, 0.15) is 36.4 Å². The molecule has 0 aliphatic carbocycles. The van der Waals surface area contributed by atoms with Gasteiger partial charge in [-0.15, -0.1) is 0 Å². The zero-order chi connectivity index (χ0) is 10.6. The van der Waals surface area contributed by atoms with Crippen LogP contribution in [-0.2, 0) is 4.79 Å². The monoisotopic (exact) mass is 190 g/mol. The van der Waals surface area contributed by atoms with Gasteiger partial charge in [0, 0.05) is 19.4 Å². The molecule has 0 saturated carbocycles. The highest BCUT2D eigenvalue weighted by molar-refractivity contribution is 5.96. The average Bonchev–Trinajstić information content (AvgIpc) is 2.62. The van der Waals surface area contributed by atoms with E-state index in [2.05, 4.69) is 11.8 Å². The molecule has 0 amide bonds. The summed E-state index contributed by atoms with van der Waals surface area (Å²) in [5.41, 5.74) is 0.553. The summed E-state index contributed by atoms with van der Waals surface area (Å²) >= 11 is 0. The summed E-state index contributed by atoms with van der Waals surface area (Å²) < 4.78 is 4.93. The maximum absolute atomic E-state index is 10.9. The van der Waals surface area contributed by atoms with E-state index >= 15 is 0 Å². The molecule has 1 aromatic rings. The Morgan fingerprint density at radius 1 is 1.50 bits per heavy atom. The second-order valence-electron chi connectivity index (χ2n) is 2.78. The van der Waals surface area contributed by atoms with E-state index in [0.29, 0.717) is 12.0 Å². The molecule has 72 valence electrons. The Morgan fingerprint density at radius 3 is 2.71 bits per heavy atom. The number of furan rings is 1. The van der Waals surface area contributed by atoms with Crippen LogP contribution < -0.4 is 0 Å². The third-order valence-corrected chi connectivity index (χ3v) is 1.61. The van der Waals surface area contributed by atoms with Gasteiger partial charge in [-0.3, -0.25) is 9.59 Å². The molecule has 0 aliphatic heterocycles. The lowest BCUT2D eigenvalue weighted by Crippen LogP contribution is -1.88. The van der Waals surface area contributed by atoms with Gasteiger partial charge in [0.05, 0.1) is 5.56 Å². The third kappa shape index (κ3) is 2.60. The van der Waals surface area contributed by atoms with Crippen LogP contribution in [0.2, 0.25) is 0 Å². The maximum atomic E-state index is 10.9. The normalized spacial score (nSPS) is 9.00. The van der Waals surface area contributed by atoms with Gasteiger partial charge in [0.25, 0.3) is 0 Å². The van der Waals surface area contributed by atoms with Crippen LogP contribution >= 0.6 is 0 Å². The highest BCUT2D eigenvalue weighted by Crippen LogP contribution is 2.06. The minimum Gasteiger partial charge on any atom is -0.460 e. The molecule has 1 heterocycles. The minimum absolute atomic E-state index is 0.129. The van der Waals surface area contributed by atoms with E-state index in [1.807, 2.05) is 0 Å². The van der Waals surface area contributed by atoms with Crippen molar-refractivity contribution in [1.82, 2.24) is 0 Å². The Bertz CT molecular complexity index is 415. The van der Waals surface area contributed by atoms with Gasteiger partial charge in [0.15, 0.2) is 11.5 Å². The van der Waals surface area contributed by atoms with E-state index in [4.69, 9.17) is 4.42 Å². The van der Waals surface area contributed by atoms with Gasteiger partial charge in [0.2, 0.25) is 5.78 Å². The van der Waals surface area contributed by atoms with Crippen LogP contribution in [0, 0.1) is 11.8 Å². The molecular formula is C11H10O3. The Balaban J connectivity index is 2.81. The summed E-state index contributed by atoms with van der Waals surface area (Å²) in [7, 11) is 0. The first-order chi connectivity index (χ1) is 6.63. The smallest absolute Gasteiger partial charge is 0.205 e. The molecule has 0 unspecified atom stereocenters. The summed E-state index contributed by atoms with van der Waals surface area (Å²) in [5, 5.41) is 0. The van der Waals surface area contributed by atoms with Crippen molar-refractivity contribution >= 4 is 11.6 Å². The summed E-state index contributed by atoms with van der Waals surface area (Å²) in [6.07, 6.45) is 1.76. The molecule has 1 aromatic heterocycles. The Kier molecular flexibility index (Phi) is 3.24. The van der Waals surface area contributed by atoms with E-state index in [1.165, 1.54) is 19.3 Å². The molecule has 14 heavy (non-hydrogen) atoms. The van der Waals surface area contributed by atoms with Gasteiger partial charge < -0.3 is 4.42 Å². The number of ketones is 2. The lowest BCUT2D eigenvalue weighted by molar-refractivity contribution is -0.113. The Hall–Kier alpha value is -1.82. The predicted octanol–water partition coefficient (Wildman–Crippen LogP) is 1.81. The Labute approximate surface area is 82.1 Å². The second kappa shape index (κ2) is 4.43. The molecule has 0 spiro atoms. The molecule has 0 saturated heterocycles. The average molecular weight is 190 g/mol. The molecule has 3 nitrogen and oxygen atoms in total. The molecule has 0 N–H and O–H groups in total. The molecule has 0 aromatic carbocycles. The first-order valence-corrected chi connectivity index (χ1v) is 4.27. The van der Waals surface area contributed by atoms with Crippen molar-refractivity contribution in [3.8, 4) is 11.8 Å². The SMILES string of the molecule is CCC(=O)C#Cc1coc(C(C)=O)c1. The van der Waals surface area contributed by atoms with Crippen LogP contribution in [0.5, 0.6) is 0 Å². The van der Waals surface area contributed by atoms with Crippen molar-refractivity contribution in [3.63, 3.8) is 0 Å². The molecule has 3 heteroatoms. The maximum Gasteiger partial charge on any atom is 0.205 e. The van der Waals surface area contributed by atoms with E-state index in [1.54, 1.807) is 6.92 Å². The van der Waals surface area contributed by atoms with Gasteiger partial charge in [-0.1, -0.05) is 12.8 Å². The zero-order valence-electron chi connectivity index (χ0n) is 8.09. The van der Waals surface area contributed by atoms with Crippen LogP contribution in [0.25, 0.3) is 0 Å². The van der Waals surface area contributed by atoms with Gasteiger partial charge in [0.1, 0.15) is 6.26 Å². The molecular weight excluding hydrogens is 180 g/mol. The van der Waals surface area contributed by atoms with Crippen molar-refractivity contribution in [1.29, 1.82) is 0 Å². The van der Waals surface area contributed by atoms with Crippen molar-refractivity contribution in [3.05, 3.63) is 23.7 Å². The minimum atomic E-state index is -0.153. The van der Waals surface area contributed by atoms with Crippen molar-refractivity contribution in [2.24, 2.45) is 0 Å². The number of Topliss-reactive ketones (excluding diaryl/α,β-unsaturated/α-hetero) is 2. The summed E-state index contributed by atoms with van der Waals surface area (Å²) in [4.78, 5) is 21.7. The molecule has 1 rings (SSSR count). The van der Waals surface area contributed by atoms with E-state index < -0.39 is 0 Å². The number of hydrogen-bond donors (Lipinski definition) is 0. The molecule has 0 radical (unpaired) electrons. The highest BCUT2D eigenvalue weighted by Gasteiger charge is 2.03. The van der Waals surface area contributed by atoms with E-state index in [0.717, 1.165) is 0 Å². The van der Waals surface area contributed by atoms with Crippen LogP contribution in [0.3, 0.4) is 0 Å². The topological polar surface area (TPSA) is 47.3 Å². The molecule has 0 aliphatic rings. The highest BCUT2D eigenvalue weighted by atomic mass is 16.3. The van der Waals surface area contributed by atoms with E-state index in [-0.39, 0.29) is 17.3 Å². The summed E-state index contributed by atoms with van der Waals surface area (Å²) in [5.74, 6) is 5.05. The van der Waals surface area contributed by atoms with E-state index in [9.17, 15) is 9.59 Å². The Morgan fingerprint density at radius 2 is 2.21 bits per heavy atom. The number of rotatable bonds is 2. The van der Waals surface area contributed by atoms with Gasteiger partial charge >= 0.3 is 0 Å². The zero-order valence-corrected chi connectivity index (χ0v) is 8.09. The molecule has 0 fully saturated rings. The number of hydrogen-bond acceptors (Lipinski definition) is 3. The van der Waals surface area contributed by atoms with Gasteiger partial charge in [-0.25, -0.2) is 0 Å². The fourth-order valence-corrected chi connectivity index (χ4v) is 0.817. The van der Waals surface area contributed by atoms with Crippen LogP contribution in [0.4, 0.5) is 0 Å². The van der Waals surface area contributed by atoms with Crippen LogP contribution in [0.15, 0.2) is 16.7 Å². The van der Waals surface area contributed by atoms with Crippen molar-refractivity contribution in [2.75, 3.05) is 0 Å². The molecule has 0 atom stereocenters. The molecule has 0 bridgehead atoms. The van der Waals surface area contributed by atoms with Crippen LogP contribution in [-0.4, -0.2) is 11.6 Å². The van der Waals surface area contributed by atoms with Gasteiger partial charge in [-0.05, 0) is 5.92 Å². The summed E-state index contributed by atoms with van der Waals surface area (Å²) in [6, 6.07) is 1.53.